The molecule has 0 saturated heterocycles. The normalized spacial score (nSPS) is 12.8. The third kappa shape index (κ3) is 4.42. The van der Waals surface area contributed by atoms with Crippen LogP contribution in [0.5, 0.6) is 11.5 Å². The first-order valence-corrected chi connectivity index (χ1v) is 9.48. The SMILES string of the molecule is Cc1ccc(NC(=O)[C@H](NNC(=O)c2ccc3c(c2)OCO3)c2ccccc2)cc1. The van der Waals surface area contributed by atoms with Gasteiger partial charge in [0.2, 0.25) is 12.7 Å². The molecule has 2 amide bonds. The van der Waals surface area contributed by atoms with E-state index in [9.17, 15) is 9.59 Å². The number of hydrazine groups is 1. The summed E-state index contributed by atoms with van der Waals surface area (Å²) in [6, 6.07) is 20.8. The molecule has 0 aliphatic carbocycles. The van der Waals surface area contributed by atoms with Crippen LogP contribution in [-0.2, 0) is 4.79 Å². The second-order valence-corrected chi connectivity index (χ2v) is 6.87. The Kier molecular flexibility index (Phi) is 5.63. The summed E-state index contributed by atoms with van der Waals surface area (Å²) in [4.78, 5) is 25.5. The Labute approximate surface area is 174 Å². The van der Waals surface area contributed by atoms with Crippen molar-refractivity contribution < 1.29 is 19.1 Å². The van der Waals surface area contributed by atoms with Crippen LogP contribution >= 0.6 is 0 Å². The van der Waals surface area contributed by atoms with E-state index in [-0.39, 0.29) is 12.7 Å². The Morgan fingerprint density at radius 1 is 0.900 bits per heavy atom. The Balaban J connectivity index is 1.48. The van der Waals surface area contributed by atoms with Gasteiger partial charge in [0.15, 0.2) is 11.5 Å². The van der Waals surface area contributed by atoms with Gasteiger partial charge in [0.05, 0.1) is 0 Å². The summed E-state index contributed by atoms with van der Waals surface area (Å²) in [5.74, 6) is 0.423. The summed E-state index contributed by atoms with van der Waals surface area (Å²) >= 11 is 0. The minimum absolute atomic E-state index is 0.133. The molecular formula is C23H21N3O4. The number of hydrogen-bond donors (Lipinski definition) is 3. The monoisotopic (exact) mass is 403 g/mol. The molecule has 1 heterocycles. The van der Waals surface area contributed by atoms with Gasteiger partial charge in [-0.1, -0.05) is 48.0 Å². The highest BCUT2D eigenvalue weighted by Crippen LogP contribution is 2.32. The smallest absolute Gasteiger partial charge is 0.265 e. The van der Waals surface area contributed by atoms with E-state index in [1.807, 2.05) is 61.5 Å². The first-order valence-electron chi connectivity index (χ1n) is 9.48. The molecule has 3 aromatic carbocycles. The number of carbonyl (C=O) groups excluding carboxylic acids is 2. The molecule has 3 aromatic rings. The highest BCUT2D eigenvalue weighted by atomic mass is 16.7. The number of benzene rings is 3. The average molecular weight is 403 g/mol. The molecule has 7 nitrogen and oxygen atoms in total. The number of hydrogen-bond acceptors (Lipinski definition) is 5. The van der Waals surface area contributed by atoms with Crippen LogP contribution in [-0.4, -0.2) is 18.6 Å². The van der Waals surface area contributed by atoms with E-state index in [2.05, 4.69) is 16.2 Å². The van der Waals surface area contributed by atoms with E-state index in [1.54, 1.807) is 18.2 Å². The molecule has 30 heavy (non-hydrogen) atoms. The fraction of sp³-hybridized carbons (Fsp3) is 0.130. The van der Waals surface area contributed by atoms with Gasteiger partial charge in [-0.2, -0.15) is 0 Å². The van der Waals surface area contributed by atoms with Gasteiger partial charge in [-0.25, -0.2) is 5.43 Å². The summed E-state index contributed by atoms with van der Waals surface area (Å²) < 4.78 is 10.6. The van der Waals surface area contributed by atoms with E-state index in [1.165, 1.54) is 0 Å². The van der Waals surface area contributed by atoms with Gasteiger partial charge < -0.3 is 14.8 Å². The molecule has 0 radical (unpaired) electrons. The maximum atomic E-state index is 12.9. The maximum absolute atomic E-state index is 12.9. The summed E-state index contributed by atoms with van der Waals surface area (Å²) in [5.41, 5.74) is 8.35. The van der Waals surface area contributed by atoms with Crippen molar-refractivity contribution in [1.29, 1.82) is 0 Å². The Morgan fingerprint density at radius 2 is 1.63 bits per heavy atom. The molecule has 1 aliphatic heterocycles. The lowest BCUT2D eigenvalue weighted by Gasteiger charge is -2.19. The van der Waals surface area contributed by atoms with Crippen molar-refractivity contribution in [3.8, 4) is 11.5 Å². The number of carbonyl (C=O) groups is 2. The molecule has 0 saturated carbocycles. The van der Waals surface area contributed by atoms with Crippen molar-refractivity contribution in [3.05, 3.63) is 89.5 Å². The van der Waals surface area contributed by atoms with Gasteiger partial charge >= 0.3 is 0 Å². The molecule has 1 aliphatic rings. The topological polar surface area (TPSA) is 88.7 Å². The Morgan fingerprint density at radius 3 is 2.40 bits per heavy atom. The van der Waals surface area contributed by atoms with E-state index >= 15 is 0 Å². The number of aryl methyl sites for hydroxylation is 1. The van der Waals surface area contributed by atoms with E-state index < -0.39 is 11.9 Å². The van der Waals surface area contributed by atoms with Crippen molar-refractivity contribution in [1.82, 2.24) is 10.9 Å². The lowest BCUT2D eigenvalue weighted by atomic mass is 10.1. The van der Waals surface area contributed by atoms with Crippen LogP contribution < -0.4 is 25.6 Å². The summed E-state index contributed by atoms with van der Waals surface area (Å²) in [6.45, 7) is 2.11. The lowest BCUT2D eigenvalue weighted by molar-refractivity contribution is -0.118. The second kappa shape index (κ2) is 8.67. The fourth-order valence-corrected chi connectivity index (χ4v) is 3.04. The molecule has 7 heteroatoms. The van der Waals surface area contributed by atoms with Crippen molar-refractivity contribution in [2.75, 3.05) is 12.1 Å². The summed E-state index contributed by atoms with van der Waals surface area (Å²) in [6.07, 6.45) is 0. The quantitative estimate of drug-likeness (QED) is 0.550. The molecule has 1 atom stereocenters. The third-order valence-corrected chi connectivity index (χ3v) is 4.68. The van der Waals surface area contributed by atoms with Gasteiger partial charge in [0.1, 0.15) is 6.04 Å². The predicted molar refractivity (Wildman–Crippen MR) is 112 cm³/mol. The van der Waals surface area contributed by atoms with Crippen LogP contribution in [0.2, 0.25) is 0 Å². The molecule has 0 bridgehead atoms. The number of anilines is 1. The third-order valence-electron chi connectivity index (χ3n) is 4.68. The van der Waals surface area contributed by atoms with Gasteiger partial charge in [-0.15, -0.1) is 0 Å². The van der Waals surface area contributed by atoms with Gasteiger partial charge in [-0.05, 0) is 42.8 Å². The fourth-order valence-electron chi connectivity index (χ4n) is 3.04. The molecule has 0 spiro atoms. The van der Waals surface area contributed by atoms with Crippen LogP contribution in [0.25, 0.3) is 0 Å². The predicted octanol–water partition coefficient (Wildman–Crippen LogP) is 3.34. The van der Waals surface area contributed by atoms with Crippen molar-refractivity contribution in [2.45, 2.75) is 13.0 Å². The minimum atomic E-state index is -0.787. The highest BCUT2D eigenvalue weighted by molar-refractivity contribution is 5.97. The Bertz CT molecular complexity index is 1050. The van der Waals surface area contributed by atoms with Crippen molar-refractivity contribution >= 4 is 17.5 Å². The first kappa shape index (κ1) is 19.5. The van der Waals surface area contributed by atoms with E-state index in [0.29, 0.717) is 28.3 Å². The number of rotatable bonds is 6. The largest absolute Gasteiger partial charge is 0.454 e. The molecule has 152 valence electrons. The standard InChI is InChI=1S/C23H21N3O4/c1-15-7-10-18(11-8-15)24-23(28)21(16-5-3-2-4-6-16)25-26-22(27)17-9-12-19-20(13-17)30-14-29-19/h2-13,21,25H,14H2,1H3,(H,24,28)(H,26,27)/t21-/m1/s1. The second-order valence-electron chi connectivity index (χ2n) is 6.87. The van der Waals surface area contributed by atoms with Gasteiger partial charge in [0, 0.05) is 11.3 Å². The summed E-state index contributed by atoms with van der Waals surface area (Å²) in [5, 5.41) is 2.88. The maximum Gasteiger partial charge on any atom is 0.265 e. The van der Waals surface area contributed by atoms with Crippen LogP contribution in [0.15, 0.2) is 72.8 Å². The number of ether oxygens (including phenoxy) is 2. The van der Waals surface area contributed by atoms with Crippen LogP contribution in [0.1, 0.15) is 27.5 Å². The molecule has 0 unspecified atom stereocenters. The number of fused-ring (bicyclic) bond motifs is 1. The van der Waals surface area contributed by atoms with Gasteiger partial charge in [-0.3, -0.25) is 15.0 Å². The van der Waals surface area contributed by atoms with Gasteiger partial charge in [0.25, 0.3) is 5.91 Å². The van der Waals surface area contributed by atoms with Crippen molar-refractivity contribution in [2.24, 2.45) is 0 Å². The molecule has 3 N–H and O–H groups in total. The van der Waals surface area contributed by atoms with Crippen molar-refractivity contribution in [3.63, 3.8) is 0 Å². The number of nitrogens with one attached hydrogen (secondary N) is 3. The summed E-state index contributed by atoms with van der Waals surface area (Å²) in [7, 11) is 0. The minimum Gasteiger partial charge on any atom is -0.454 e. The lowest BCUT2D eigenvalue weighted by Crippen LogP contribution is -2.44. The zero-order valence-corrected chi connectivity index (χ0v) is 16.3. The van der Waals surface area contributed by atoms with E-state index in [4.69, 9.17) is 9.47 Å². The van der Waals surface area contributed by atoms with Crippen LogP contribution in [0.3, 0.4) is 0 Å². The molecule has 0 aromatic heterocycles. The molecule has 0 fully saturated rings. The first-order chi connectivity index (χ1) is 14.6. The molecular weight excluding hydrogens is 382 g/mol. The zero-order valence-electron chi connectivity index (χ0n) is 16.3. The zero-order chi connectivity index (χ0) is 20.9. The van der Waals surface area contributed by atoms with Crippen LogP contribution in [0, 0.1) is 6.92 Å². The Hall–Kier alpha value is -3.84. The number of amides is 2. The highest BCUT2D eigenvalue weighted by Gasteiger charge is 2.22. The average Bonchev–Trinajstić information content (AvgIpc) is 3.24. The van der Waals surface area contributed by atoms with Crippen LogP contribution in [0.4, 0.5) is 5.69 Å². The molecule has 4 rings (SSSR count). The van der Waals surface area contributed by atoms with E-state index in [0.717, 1.165) is 5.56 Å².